The number of hydrogen-bond acceptors (Lipinski definition) is 5. The van der Waals surface area contributed by atoms with Gasteiger partial charge < -0.3 is 10.2 Å². The molecule has 0 saturated carbocycles. The van der Waals surface area contributed by atoms with Crippen molar-refractivity contribution >= 4 is 35.1 Å². The molecule has 0 amide bonds. The minimum Gasteiger partial charge on any atom is -0.481 e. The van der Waals surface area contributed by atoms with Crippen molar-refractivity contribution in [3.63, 3.8) is 0 Å². The van der Waals surface area contributed by atoms with Gasteiger partial charge in [0.05, 0.1) is 16.8 Å². The Morgan fingerprint density at radius 3 is 2.30 bits per heavy atom. The summed E-state index contributed by atoms with van der Waals surface area (Å²) >= 11 is 3.58. The largest absolute Gasteiger partial charge is 0.481 e. The van der Waals surface area contributed by atoms with Gasteiger partial charge in [-0.1, -0.05) is 58.8 Å². The van der Waals surface area contributed by atoms with E-state index in [-0.39, 0.29) is 22.5 Å². The van der Waals surface area contributed by atoms with E-state index in [0.29, 0.717) is 5.92 Å². The zero-order valence-electron chi connectivity index (χ0n) is 22.3. The van der Waals surface area contributed by atoms with E-state index >= 15 is 0 Å². The van der Waals surface area contributed by atoms with Crippen LogP contribution in [0.3, 0.4) is 0 Å². The Bertz CT molecular complexity index is 747. The van der Waals surface area contributed by atoms with Crippen LogP contribution in [-0.4, -0.2) is 37.3 Å². The second-order valence-electron chi connectivity index (χ2n) is 9.91. The molecule has 0 aliphatic rings. The summed E-state index contributed by atoms with van der Waals surface area (Å²) in [5.41, 5.74) is 3.94. The van der Waals surface area contributed by atoms with Crippen LogP contribution in [0.25, 0.3) is 6.08 Å². The zero-order valence-corrected chi connectivity index (χ0v) is 23.9. The van der Waals surface area contributed by atoms with E-state index in [2.05, 4.69) is 71.0 Å². The predicted molar refractivity (Wildman–Crippen MR) is 147 cm³/mol. The third-order valence-electron chi connectivity index (χ3n) is 5.20. The first-order valence-corrected chi connectivity index (χ1v) is 13.8. The van der Waals surface area contributed by atoms with Gasteiger partial charge in [0.15, 0.2) is 0 Å². The maximum atomic E-state index is 10.6. The molecule has 1 aromatic heterocycles. The highest BCUT2D eigenvalue weighted by Crippen LogP contribution is 2.32. The van der Waals surface area contributed by atoms with E-state index in [1.54, 1.807) is 18.3 Å². The lowest BCUT2D eigenvalue weighted by Gasteiger charge is -2.29. The number of carboxylic acids is 1. The summed E-state index contributed by atoms with van der Waals surface area (Å²) in [6.45, 7) is 19.1. The van der Waals surface area contributed by atoms with Gasteiger partial charge in [0.2, 0.25) is 0 Å². The quantitative estimate of drug-likeness (QED) is 0.285. The lowest BCUT2D eigenvalue weighted by molar-refractivity contribution is -0.136. The summed E-state index contributed by atoms with van der Waals surface area (Å²) in [4.78, 5) is 13.9. The number of aryl methyl sites for hydroxylation is 1. The van der Waals surface area contributed by atoms with Gasteiger partial charge in [-0.3, -0.25) is 4.79 Å². The van der Waals surface area contributed by atoms with Gasteiger partial charge in [-0.2, -0.15) is 11.8 Å². The SMILES string of the molecule is C/C(=C/CC/C(C)=C/c1csc(C)n1)CCCC(C)C(O)C(C)SC(C)(C)C.CCC(=O)O. The fraction of sp³-hybridized carbons (Fsp3) is 0.704. The number of rotatable bonds is 12. The smallest absolute Gasteiger partial charge is 0.303 e. The van der Waals surface area contributed by atoms with Gasteiger partial charge in [0, 0.05) is 21.8 Å². The minimum absolute atomic E-state index is 0.199. The molecule has 3 atom stereocenters. The Hall–Kier alpha value is -1.11. The number of aliphatic hydroxyl groups is 1. The molecule has 190 valence electrons. The van der Waals surface area contributed by atoms with Crippen molar-refractivity contribution in [1.82, 2.24) is 4.98 Å². The van der Waals surface area contributed by atoms with Crippen molar-refractivity contribution in [1.29, 1.82) is 0 Å². The zero-order chi connectivity index (χ0) is 25.6. The molecule has 0 radical (unpaired) electrons. The molecule has 0 saturated heterocycles. The van der Waals surface area contributed by atoms with Gasteiger partial charge in [0.1, 0.15) is 0 Å². The van der Waals surface area contributed by atoms with E-state index in [4.69, 9.17) is 5.11 Å². The van der Waals surface area contributed by atoms with Crippen molar-refractivity contribution in [3.05, 3.63) is 33.3 Å². The average Bonchev–Trinajstić information content (AvgIpc) is 3.10. The number of thiazole rings is 1. The molecule has 0 aromatic carbocycles. The Balaban J connectivity index is 0.00000184. The summed E-state index contributed by atoms with van der Waals surface area (Å²) in [6, 6.07) is 0. The van der Waals surface area contributed by atoms with Gasteiger partial charge in [-0.15, -0.1) is 11.3 Å². The van der Waals surface area contributed by atoms with E-state index in [1.165, 1.54) is 11.1 Å². The van der Waals surface area contributed by atoms with Crippen molar-refractivity contribution < 1.29 is 15.0 Å². The number of aliphatic carboxylic acids is 1. The molecule has 0 bridgehead atoms. The van der Waals surface area contributed by atoms with E-state index in [1.807, 2.05) is 18.7 Å². The molecule has 3 unspecified atom stereocenters. The molecule has 0 fully saturated rings. The molecule has 1 rings (SSSR count). The molecule has 4 nitrogen and oxygen atoms in total. The van der Waals surface area contributed by atoms with Crippen LogP contribution in [-0.2, 0) is 4.79 Å². The number of aliphatic hydroxyl groups excluding tert-OH is 1. The highest BCUT2D eigenvalue weighted by molar-refractivity contribution is 8.01. The first-order valence-electron chi connectivity index (χ1n) is 12.1. The summed E-state index contributed by atoms with van der Waals surface area (Å²) in [5.74, 6) is -0.394. The molecular weight excluding hydrogens is 450 g/mol. The fourth-order valence-corrected chi connectivity index (χ4v) is 5.48. The Labute approximate surface area is 211 Å². The molecule has 0 aliphatic heterocycles. The molecular formula is C27H47NO3S2. The maximum absolute atomic E-state index is 10.6. The van der Waals surface area contributed by atoms with Crippen LogP contribution in [0, 0.1) is 12.8 Å². The molecule has 1 heterocycles. The van der Waals surface area contributed by atoms with Gasteiger partial charge in [-0.05, 0) is 64.9 Å². The minimum atomic E-state index is -0.745. The number of thioether (sulfide) groups is 1. The standard InChI is InChI=1S/C24H41NOS2.C3H6O2/c1-17(11-9-13-18(2)15-22-16-27-21(5)25-22)12-10-14-19(3)23(26)20(4)28-24(6,7)8;1-2-3(4)5/h11,15-16,19-20,23,26H,9-10,12-14H2,1-8H3;2H2,1H3,(H,4,5)/b17-11-,18-15+;. The molecule has 1 aromatic rings. The van der Waals surface area contributed by atoms with Crippen LogP contribution in [0.5, 0.6) is 0 Å². The van der Waals surface area contributed by atoms with Crippen LogP contribution >= 0.6 is 23.1 Å². The fourth-order valence-electron chi connectivity index (χ4n) is 3.38. The van der Waals surface area contributed by atoms with E-state index in [9.17, 15) is 9.90 Å². The van der Waals surface area contributed by atoms with E-state index < -0.39 is 5.97 Å². The predicted octanol–water partition coefficient (Wildman–Crippen LogP) is 8.15. The Morgan fingerprint density at radius 1 is 1.21 bits per heavy atom. The molecule has 0 spiro atoms. The highest BCUT2D eigenvalue weighted by Gasteiger charge is 2.25. The summed E-state index contributed by atoms with van der Waals surface area (Å²) in [5, 5.41) is 21.8. The number of nitrogens with zero attached hydrogens (tertiary/aromatic N) is 1. The molecule has 6 heteroatoms. The van der Waals surface area contributed by atoms with Crippen molar-refractivity contribution in [3.8, 4) is 0 Å². The van der Waals surface area contributed by atoms with Crippen LogP contribution in [0.4, 0.5) is 0 Å². The number of carbonyl (C=O) groups is 1. The van der Waals surface area contributed by atoms with Crippen LogP contribution in [0.2, 0.25) is 0 Å². The monoisotopic (exact) mass is 497 g/mol. The summed E-state index contributed by atoms with van der Waals surface area (Å²) in [6.07, 6.45) is 10.1. The normalized spacial score (nSPS) is 15.5. The van der Waals surface area contributed by atoms with Gasteiger partial charge in [0.25, 0.3) is 0 Å². The Kier molecular flexibility index (Phi) is 16.0. The number of carboxylic acid groups (broad SMARTS) is 1. The van der Waals surface area contributed by atoms with Gasteiger partial charge in [-0.25, -0.2) is 4.98 Å². The lowest BCUT2D eigenvalue weighted by atomic mass is 9.94. The second-order valence-corrected chi connectivity index (χ2v) is 13.2. The van der Waals surface area contributed by atoms with Crippen LogP contribution in [0.1, 0.15) is 105 Å². The van der Waals surface area contributed by atoms with Crippen molar-refractivity contribution in [2.24, 2.45) is 5.92 Å². The van der Waals surface area contributed by atoms with Crippen molar-refractivity contribution in [2.75, 3.05) is 0 Å². The number of allylic oxidation sites excluding steroid dienone is 3. The topological polar surface area (TPSA) is 70.4 Å². The first kappa shape index (κ1) is 31.9. The second kappa shape index (κ2) is 16.5. The number of hydrogen-bond donors (Lipinski definition) is 2. The molecule has 0 aliphatic carbocycles. The van der Waals surface area contributed by atoms with Crippen molar-refractivity contribution in [2.45, 2.75) is 117 Å². The molecule has 2 N–H and O–H groups in total. The van der Waals surface area contributed by atoms with Crippen LogP contribution < -0.4 is 0 Å². The highest BCUT2D eigenvalue weighted by atomic mass is 32.2. The van der Waals surface area contributed by atoms with E-state index in [0.717, 1.165) is 42.8 Å². The van der Waals surface area contributed by atoms with Gasteiger partial charge >= 0.3 is 5.97 Å². The maximum Gasteiger partial charge on any atom is 0.303 e. The third kappa shape index (κ3) is 17.0. The lowest BCUT2D eigenvalue weighted by Crippen LogP contribution is -2.30. The summed E-state index contributed by atoms with van der Waals surface area (Å²) < 4.78 is 0.199. The Morgan fingerprint density at radius 2 is 1.82 bits per heavy atom. The van der Waals surface area contributed by atoms with Crippen LogP contribution in [0.15, 0.2) is 22.6 Å². The molecule has 33 heavy (non-hydrogen) atoms. The summed E-state index contributed by atoms with van der Waals surface area (Å²) in [7, 11) is 0. The number of aromatic nitrogens is 1. The average molecular weight is 498 g/mol. The third-order valence-corrected chi connectivity index (χ3v) is 7.35. The first-order chi connectivity index (χ1) is 15.2.